The smallest absolute Gasteiger partial charge is 0.306 e. The van der Waals surface area contributed by atoms with Gasteiger partial charge in [0.15, 0.2) is 0 Å². The van der Waals surface area contributed by atoms with Gasteiger partial charge in [-0.2, -0.15) is 0 Å². The van der Waals surface area contributed by atoms with Gasteiger partial charge >= 0.3 is 5.97 Å². The molecule has 1 N–H and O–H groups in total. The fourth-order valence-corrected chi connectivity index (χ4v) is 3.82. The second-order valence-corrected chi connectivity index (χ2v) is 8.72. The van der Waals surface area contributed by atoms with Gasteiger partial charge in [0.2, 0.25) is 0 Å². The average molecular weight is 419 g/mol. The van der Waals surface area contributed by atoms with Gasteiger partial charge in [-0.15, -0.1) is 0 Å². The predicted octanol–water partition coefficient (Wildman–Crippen LogP) is 7.74. The van der Waals surface area contributed by atoms with Gasteiger partial charge in [-0.25, -0.2) is 0 Å². The van der Waals surface area contributed by atoms with E-state index in [4.69, 9.17) is 4.74 Å². The lowest BCUT2D eigenvalue weighted by atomic mass is 10.0. The van der Waals surface area contributed by atoms with Crippen LogP contribution in [0.25, 0.3) is 0 Å². The van der Waals surface area contributed by atoms with E-state index in [1.54, 1.807) is 0 Å². The SMILES string of the molecule is CCCCCCCCCC[C@H](O)CCCCCCCCC(=O)OCc1ccccc1. The number of carbonyl (C=O) groups is 1. The Labute approximate surface area is 185 Å². The fraction of sp³-hybridized carbons (Fsp3) is 0.741. The van der Waals surface area contributed by atoms with E-state index in [1.807, 2.05) is 30.3 Å². The summed E-state index contributed by atoms with van der Waals surface area (Å²) in [7, 11) is 0. The van der Waals surface area contributed by atoms with Gasteiger partial charge in [-0.1, -0.05) is 121 Å². The average Bonchev–Trinajstić information content (AvgIpc) is 2.76. The first-order valence-electron chi connectivity index (χ1n) is 12.6. The summed E-state index contributed by atoms with van der Waals surface area (Å²) in [6, 6.07) is 9.82. The molecule has 0 spiro atoms. The molecule has 1 aromatic rings. The van der Waals surface area contributed by atoms with Crippen LogP contribution < -0.4 is 0 Å². The number of unbranched alkanes of at least 4 members (excludes halogenated alkanes) is 12. The highest BCUT2D eigenvalue weighted by Gasteiger charge is 2.05. The topological polar surface area (TPSA) is 46.5 Å². The van der Waals surface area contributed by atoms with Gasteiger partial charge in [-0.05, 0) is 24.8 Å². The van der Waals surface area contributed by atoms with Crippen LogP contribution in [-0.2, 0) is 16.1 Å². The first kappa shape index (κ1) is 26.7. The number of rotatable bonds is 20. The highest BCUT2D eigenvalue weighted by Crippen LogP contribution is 2.15. The van der Waals surface area contributed by atoms with Crippen LogP contribution in [-0.4, -0.2) is 17.2 Å². The molecule has 3 heteroatoms. The van der Waals surface area contributed by atoms with Crippen LogP contribution in [0.3, 0.4) is 0 Å². The Bertz CT molecular complexity index is 500. The summed E-state index contributed by atoms with van der Waals surface area (Å²) in [5.74, 6) is -0.0945. The molecule has 0 aliphatic heterocycles. The van der Waals surface area contributed by atoms with Crippen molar-refractivity contribution in [3.63, 3.8) is 0 Å². The summed E-state index contributed by atoms with van der Waals surface area (Å²) in [6.45, 7) is 2.63. The third-order valence-corrected chi connectivity index (χ3v) is 5.80. The molecule has 1 aromatic carbocycles. The Hall–Kier alpha value is -1.35. The molecule has 0 aromatic heterocycles. The maximum Gasteiger partial charge on any atom is 0.306 e. The normalized spacial score (nSPS) is 12.1. The lowest BCUT2D eigenvalue weighted by Gasteiger charge is -2.10. The number of carbonyl (C=O) groups excluding carboxylic acids is 1. The minimum atomic E-state index is -0.107. The number of hydrogen-bond donors (Lipinski definition) is 1. The molecule has 1 atom stereocenters. The molecule has 1 rings (SSSR count). The van der Waals surface area contributed by atoms with Crippen LogP contribution in [0, 0.1) is 0 Å². The van der Waals surface area contributed by atoms with Gasteiger partial charge in [0, 0.05) is 6.42 Å². The van der Waals surface area contributed by atoms with E-state index in [1.165, 1.54) is 70.6 Å². The minimum absolute atomic E-state index is 0.0945. The Morgan fingerprint density at radius 1 is 0.767 bits per heavy atom. The molecule has 0 heterocycles. The quantitative estimate of drug-likeness (QED) is 0.174. The summed E-state index contributed by atoms with van der Waals surface area (Å²) in [4.78, 5) is 11.8. The number of hydrogen-bond acceptors (Lipinski definition) is 3. The predicted molar refractivity (Wildman–Crippen MR) is 126 cm³/mol. The molecule has 0 aliphatic rings. The maximum atomic E-state index is 11.8. The molecule has 0 saturated carbocycles. The standard InChI is InChI=1S/C27H46O3/c1-2-3-4-5-6-7-10-16-21-26(28)22-17-11-8-9-12-18-23-27(29)30-24-25-19-14-13-15-20-25/h13-15,19-20,26,28H,2-12,16-18,21-24H2,1H3/t26-/m0/s1. The number of aliphatic hydroxyl groups excluding tert-OH is 1. The van der Waals surface area contributed by atoms with E-state index in [9.17, 15) is 9.90 Å². The first-order chi connectivity index (χ1) is 14.7. The highest BCUT2D eigenvalue weighted by molar-refractivity contribution is 5.69. The molecule has 0 bridgehead atoms. The third-order valence-electron chi connectivity index (χ3n) is 5.80. The zero-order valence-electron chi connectivity index (χ0n) is 19.5. The van der Waals surface area contributed by atoms with Gasteiger partial charge < -0.3 is 9.84 Å². The van der Waals surface area contributed by atoms with E-state index in [0.717, 1.165) is 37.7 Å². The summed E-state index contributed by atoms with van der Waals surface area (Å²) < 4.78 is 5.30. The van der Waals surface area contributed by atoms with Gasteiger partial charge in [0.25, 0.3) is 0 Å². The molecule has 0 amide bonds. The Balaban J connectivity index is 1.81. The molecule has 0 saturated heterocycles. The summed E-state index contributed by atoms with van der Waals surface area (Å²) >= 11 is 0. The van der Waals surface area contributed by atoms with Crippen molar-refractivity contribution in [3.8, 4) is 0 Å². The van der Waals surface area contributed by atoms with Gasteiger partial charge in [0.05, 0.1) is 6.10 Å². The van der Waals surface area contributed by atoms with E-state index < -0.39 is 0 Å². The maximum absolute atomic E-state index is 11.8. The largest absolute Gasteiger partial charge is 0.461 e. The summed E-state index contributed by atoms with van der Waals surface area (Å²) in [5.41, 5.74) is 1.04. The van der Waals surface area contributed by atoms with Gasteiger partial charge in [0.1, 0.15) is 6.61 Å². The van der Waals surface area contributed by atoms with Crippen molar-refractivity contribution in [3.05, 3.63) is 35.9 Å². The molecule has 172 valence electrons. The number of benzene rings is 1. The van der Waals surface area contributed by atoms with Crippen molar-refractivity contribution in [2.45, 2.75) is 129 Å². The second kappa shape index (κ2) is 19.6. The molecule has 0 radical (unpaired) electrons. The van der Waals surface area contributed by atoms with Crippen LogP contribution in [0.2, 0.25) is 0 Å². The fourth-order valence-electron chi connectivity index (χ4n) is 3.82. The van der Waals surface area contributed by atoms with Crippen LogP contribution in [0.15, 0.2) is 30.3 Å². The first-order valence-corrected chi connectivity index (χ1v) is 12.6. The van der Waals surface area contributed by atoms with Crippen LogP contribution in [0.4, 0.5) is 0 Å². The second-order valence-electron chi connectivity index (χ2n) is 8.72. The van der Waals surface area contributed by atoms with E-state index in [-0.39, 0.29) is 12.1 Å². The number of aliphatic hydroxyl groups is 1. The molecule has 0 aliphatic carbocycles. The summed E-state index contributed by atoms with van der Waals surface area (Å²) in [6.07, 6.45) is 19.6. The van der Waals surface area contributed by atoms with E-state index in [0.29, 0.717) is 13.0 Å². The monoisotopic (exact) mass is 418 g/mol. The van der Waals surface area contributed by atoms with Crippen LogP contribution >= 0.6 is 0 Å². The summed E-state index contributed by atoms with van der Waals surface area (Å²) in [5, 5.41) is 10.1. The van der Waals surface area contributed by atoms with Crippen molar-refractivity contribution >= 4 is 5.97 Å². The van der Waals surface area contributed by atoms with Crippen LogP contribution in [0.5, 0.6) is 0 Å². The molecular formula is C27H46O3. The van der Waals surface area contributed by atoms with Crippen molar-refractivity contribution in [1.82, 2.24) is 0 Å². The third kappa shape index (κ3) is 16.4. The zero-order chi connectivity index (χ0) is 21.7. The number of ether oxygens (including phenoxy) is 1. The van der Waals surface area contributed by atoms with E-state index >= 15 is 0 Å². The van der Waals surface area contributed by atoms with Gasteiger partial charge in [-0.3, -0.25) is 4.79 Å². The van der Waals surface area contributed by atoms with Crippen molar-refractivity contribution < 1.29 is 14.6 Å². The van der Waals surface area contributed by atoms with Crippen molar-refractivity contribution in [1.29, 1.82) is 0 Å². The lowest BCUT2D eigenvalue weighted by molar-refractivity contribution is -0.145. The molecular weight excluding hydrogens is 372 g/mol. The molecule has 30 heavy (non-hydrogen) atoms. The van der Waals surface area contributed by atoms with Crippen molar-refractivity contribution in [2.75, 3.05) is 0 Å². The van der Waals surface area contributed by atoms with Crippen molar-refractivity contribution in [2.24, 2.45) is 0 Å². The zero-order valence-corrected chi connectivity index (χ0v) is 19.5. The number of esters is 1. The Morgan fingerprint density at radius 3 is 1.83 bits per heavy atom. The Morgan fingerprint density at radius 2 is 1.27 bits per heavy atom. The molecule has 3 nitrogen and oxygen atoms in total. The highest BCUT2D eigenvalue weighted by atomic mass is 16.5. The lowest BCUT2D eigenvalue weighted by Crippen LogP contribution is -2.06. The molecule has 0 unspecified atom stereocenters. The van der Waals surface area contributed by atoms with Crippen LogP contribution in [0.1, 0.15) is 122 Å². The minimum Gasteiger partial charge on any atom is -0.461 e. The van der Waals surface area contributed by atoms with E-state index in [2.05, 4.69) is 6.92 Å². The molecule has 0 fully saturated rings. The Kier molecular flexibility index (Phi) is 17.4.